The topological polar surface area (TPSA) is 59.0 Å². The van der Waals surface area contributed by atoms with Gasteiger partial charge in [0.2, 0.25) is 0 Å². The zero-order valence-corrected chi connectivity index (χ0v) is 10.9. The van der Waals surface area contributed by atoms with E-state index in [-0.39, 0.29) is 11.9 Å². The molecule has 1 saturated carbocycles. The molecule has 0 saturated heterocycles. The second-order valence-corrected chi connectivity index (χ2v) is 5.62. The van der Waals surface area contributed by atoms with Crippen LogP contribution in [-0.4, -0.2) is 28.3 Å². The molecule has 0 aromatic carbocycles. The van der Waals surface area contributed by atoms with Gasteiger partial charge in [0.1, 0.15) is 11.4 Å². The van der Waals surface area contributed by atoms with Crippen LogP contribution in [-0.2, 0) is 0 Å². The van der Waals surface area contributed by atoms with Crippen molar-refractivity contribution in [3.63, 3.8) is 0 Å². The van der Waals surface area contributed by atoms with E-state index in [9.17, 15) is 4.79 Å². The lowest BCUT2D eigenvalue weighted by Gasteiger charge is -2.29. The largest absolute Gasteiger partial charge is 0.369 e. The average molecular weight is 248 g/mol. The fourth-order valence-electron chi connectivity index (χ4n) is 3.10. The molecule has 0 spiro atoms. The Morgan fingerprint density at radius 1 is 1.56 bits per heavy atom. The van der Waals surface area contributed by atoms with Gasteiger partial charge in [0, 0.05) is 12.6 Å². The first-order valence-electron chi connectivity index (χ1n) is 6.79. The standard InChI is InChI=1S/C13H20N4O/c1-8(2)16-13(18)10-7-15-17-11-5-3-4-9(11)6-14-12(10)17/h7-9,11,14H,3-6H2,1-2H3,(H,16,18). The molecule has 0 radical (unpaired) electrons. The third kappa shape index (κ3) is 1.78. The molecule has 1 aromatic heterocycles. The van der Waals surface area contributed by atoms with Crippen LogP contribution in [0.1, 0.15) is 49.5 Å². The van der Waals surface area contributed by atoms with Crippen LogP contribution >= 0.6 is 0 Å². The van der Waals surface area contributed by atoms with Gasteiger partial charge in [-0.25, -0.2) is 4.68 Å². The molecule has 2 N–H and O–H groups in total. The maximum absolute atomic E-state index is 12.1. The van der Waals surface area contributed by atoms with Crippen LogP contribution < -0.4 is 10.6 Å². The molecule has 1 aliphatic heterocycles. The average Bonchev–Trinajstić information content (AvgIpc) is 2.93. The quantitative estimate of drug-likeness (QED) is 0.839. The van der Waals surface area contributed by atoms with Crippen LogP contribution in [0.5, 0.6) is 0 Å². The van der Waals surface area contributed by atoms with Gasteiger partial charge in [-0.2, -0.15) is 5.10 Å². The van der Waals surface area contributed by atoms with Crippen molar-refractivity contribution in [2.75, 3.05) is 11.9 Å². The maximum atomic E-state index is 12.1. The number of hydrogen-bond acceptors (Lipinski definition) is 3. The molecule has 1 aromatic rings. The van der Waals surface area contributed by atoms with Crippen molar-refractivity contribution >= 4 is 11.7 Å². The van der Waals surface area contributed by atoms with Gasteiger partial charge in [-0.1, -0.05) is 6.42 Å². The van der Waals surface area contributed by atoms with Crippen LogP contribution in [0.4, 0.5) is 5.82 Å². The molecule has 5 heteroatoms. The summed E-state index contributed by atoms with van der Waals surface area (Å²) in [4.78, 5) is 12.1. The van der Waals surface area contributed by atoms with Crippen LogP contribution in [0.2, 0.25) is 0 Å². The maximum Gasteiger partial charge on any atom is 0.256 e. The summed E-state index contributed by atoms with van der Waals surface area (Å²) in [6, 6.07) is 0.637. The number of hydrogen-bond donors (Lipinski definition) is 2. The minimum atomic E-state index is -0.0322. The first-order valence-corrected chi connectivity index (χ1v) is 6.79. The highest BCUT2D eigenvalue weighted by atomic mass is 16.1. The lowest BCUT2D eigenvalue weighted by molar-refractivity contribution is 0.0943. The van der Waals surface area contributed by atoms with Crippen molar-refractivity contribution in [1.29, 1.82) is 0 Å². The van der Waals surface area contributed by atoms with Gasteiger partial charge in [-0.3, -0.25) is 4.79 Å². The summed E-state index contributed by atoms with van der Waals surface area (Å²) in [7, 11) is 0. The molecule has 18 heavy (non-hydrogen) atoms. The summed E-state index contributed by atoms with van der Waals surface area (Å²) in [5.41, 5.74) is 0.675. The van der Waals surface area contributed by atoms with E-state index in [4.69, 9.17) is 0 Å². The lowest BCUT2D eigenvalue weighted by Crippen LogP contribution is -2.33. The number of rotatable bonds is 2. The second kappa shape index (κ2) is 4.30. The summed E-state index contributed by atoms with van der Waals surface area (Å²) >= 11 is 0. The summed E-state index contributed by atoms with van der Waals surface area (Å²) in [6.45, 7) is 4.90. The molecule has 1 amide bonds. The number of fused-ring (bicyclic) bond motifs is 3. The van der Waals surface area contributed by atoms with Gasteiger partial charge in [-0.05, 0) is 32.6 Å². The number of aromatic nitrogens is 2. The number of anilines is 1. The molecule has 1 aliphatic carbocycles. The summed E-state index contributed by atoms with van der Waals surface area (Å²) < 4.78 is 2.02. The Morgan fingerprint density at radius 3 is 3.17 bits per heavy atom. The van der Waals surface area contributed by atoms with Gasteiger partial charge in [0.15, 0.2) is 0 Å². The Balaban J connectivity index is 1.89. The number of carbonyl (C=O) groups is 1. The number of nitrogens with zero attached hydrogens (tertiary/aromatic N) is 2. The summed E-state index contributed by atoms with van der Waals surface area (Å²) in [5, 5.41) is 10.7. The van der Waals surface area contributed by atoms with E-state index in [1.165, 1.54) is 19.3 Å². The van der Waals surface area contributed by atoms with E-state index < -0.39 is 0 Å². The third-order valence-corrected chi connectivity index (χ3v) is 3.92. The molecule has 5 nitrogen and oxygen atoms in total. The van der Waals surface area contributed by atoms with Gasteiger partial charge >= 0.3 is 0 Å². The molecule has 3 rings (SSSR count). The fraction of sp³-hybridized carbons (Fsp3) is 0.692. The van der Waals surface area contributed by atoms with E-state index in [0.717, 1.165) is 12.4 Å². The molecule has 2 heterocycles. The van der Waals surface area contributed by atoms with Crippen LogP contribution in [0, 0.1) is 5.92 Å². The summed E-state index contributed by atoms with van der Waals surface area (Å²) in [5.74, 6) is 1.55. The zero-order valence-electron chi connectivity index (χ0n) is 10.9. The lowest BCUT2D eigenvalue weighted by atomic mass is 10.0. The van der Waals surface area contributed by atoms with Gasteiger partial charge in [0.05, 0.1) is 12.2 Å². The smallest absolute Gasteiger partial charge is 0.256 e. The SMILES string of the molecule is CC(C)NC(=O)c1cnn2c1NCC1CCCC12. The van der Waals surface area contributed by atoms with E-state index in [0.29, 0.717) is 17.5 Å². The third-order valence-electron chi connectivity index (χ3n) is 3.92. The molecule has 98 valence electrons. The monoisotopic (exact) mass is 248 g/mol. The van der Waals surface area contributed by atoms with Gasteiger partial charge in [-0.15, -0.1) is 0 Å². The zero-order chi connectivity index (χ0) is 12.7. The molecule has 0 bridgehead atoms. The molecule has 2 aliphatic rings. The molecular formula is C13H20N4O. The Hall–Kier alpha value is -1.52. The van der Waals surface area contributed by atoms with Crippen LogP contribution in [0.25, 0.3) is 0 Å². The fourth-order valence-corrected chi connectivity index (χ4v) is 3.10. The highest BCUT2D eigenvalue weighted by Gasteiger charge is 2.35. The van der Waals surface area contributed by atoms with Crippen molar-refractivity contribution in [2.45, 2.75) is 45.2 Å². The molecular weight excluding hydrogens is 228 g/mol. The van der Waals surface area contributed by atoms with Crippen molar-refractivity contribution in [1.82, 2.24) is 15.1 Å². The predicted molar refractivity (Wildman–Crippen MR) is 69.7 cm³/mol. The minimum absolute atomic E-state index is 0.0322. The van der Waals surface area contributed by atoms with E-state index in [1.807, 2.05) is 18.5 Å². The van der Waals surface area contributed by atoms with E-state index in [1.54, 1.807) is 6.20 Å². The number of amides is 1. The normalized spacial score (nSPS) is 25.5. The van der Waals surface area contributed by atoms with E-state index >= 15 is 0 Å². The first-order chi connectivity index (χ1) is 8.66. The van der Waals surface area contributed by atoms with Gasteiger partial charge in [0.25, 0.3) is 5.91 Å². The van der Waals surface area contributed by atoms with Crippen LogP contribution in [0.3, 0.4) is 0 Å². The first kappa shape index (κ1) is 11.6. The number of nitrogens with one attached hydrogen (secondary N) is 2. The van der Waals surface area contributed by atoms with Crippen molar-refractivity contribution < 1.29 is 4.79 Å². The Labute approximate surface area is 107 Å². The molecule has 2 atom stereocenters. The Morgan fingerprint density at radius 2 is 2.39 bits per heavy atom. The predicted octanol–water partition coefficient (Wildman–Crippen LogP) is 1.79. The van der Waals surface area contributed by atoms with Crippen molar-refractivity contribution in [3.05, 3.63) is 11.8 Å². The summed E-state index contributed by atoms with van der Waals surface area (Å²) in [6.07, 6.45) is 5.42. The molecule has 2 unspecified atom stereocenters. The Kier molecular flexibility index (Phi) is 2.76. The van der Waals surface area contributed by atoms with Crippen molar-refractivity contribution in [3.8, 4) is 0 Å². The van der Waals surface area contributed by atoms with Gasteiger partial charge < -0.3 is 10.6 Å². The van der Waals surface area contributed by atoms with E-state index in [2.05, 4.69) is 15.7 Å². The Bertz CT molecular complexity index is 466. The van der Waals surface area contributed by atoms with Crippen LogP contribution in [0.15, 0.2) is 6.20 Å². The van der Waals surface area contributed by atoms with Crippen molar-refractivity contribution in [2.24, 2.45) is 5.92 Å². The second-order valence-electron chi connectivity index (χ2n) is 5.62. The highest BCUT2D eigenvalue weighted by Crippen LogP contribution is 2.40. The number of carbonyl (C=O) groups excluding carboxylic acids is 1. The molecule has 1 fully saturated rings. The minimum Gasteiger partial charge on any atom is -0.369 e. The highest BCUT2D eigenvalue weighted by molar-refractivity contribution is 5.99.